The van der Waals surface area contributed by atoms with Gasteiger partial charge in [-0.25, -0.2) is 4.98 Å². The molecule has 0 saturated carbocycles. The molecule has 0 aromatic carbocycles. The van der Waals surface area contributed by atoms with E-state index in [0.29, 0.717) is 0 Å². The van der Waals surface area contributed by atoms with Crippen LogP contribution in [0, 0.1) is 0 Å². The molecular formula is C10H8Br2N2S. The van der Waals surface area contributed by atoms with Crippen LogP contribution in [0.1, 0.15) is 4.88 Å². The molecule has 0 aliphatic heterocycles. The highest BCUT2D eigenvalue weighted by Crippen LogP contribution is 2.25. The third-order valence-electron chi connectivity index (χ3n) is 1.89. The van der Waals surface area contributed by atoms with Crippen molar-refractivity contribution in [1.82, 2.24) is 4.98 Å². The Kier molecular flexibility index (Phi) is 3.77. The van der Waals surface area contributed by atoms with Gasteiger partial charge in [-0.15, -0.1) is 11.3 Å². The Labute approximate surface area is 109 Å². The fraction of sp³-hybridized carbons (Fsp3) is 0.100. The number of nitrogens with one attached hydrogen (secondary N) is 1. The summed E-state index contributed by atoms with van der Waals surface area (Å²) in [4.78, 5) is 5.43. The molecule has 2 nitrogen and oxygen atoms in total. The lowest BCUT2D eigenvalue weighted by atomic mass is 10.4. The van der Waals surface area contributed by atoms with Crippen LogP contribution in [0.15, 0.2) is 38.9 Å². The molecule has 0 radical (unpaired) electrons. The van der Waals surface area contributed by atoms with Crippen LogP contribution >= 0.6 is 43.2 Å². The topological polar surface area (TPSA) is 24.9 Å². The first-order chi connectivity index (χ1) is 7.27. The normalized spacial score (nSPS) is 10.3. The summed E-state index contributed by atoms with van der Waals surface area (Å²) in [7, 11) is 0. The van der Waals surface area contributed by atoms with Gasteiger partial charge in [0.25, 0.3) is 0 Å². The summed E-state index contributed by atoms with van der Waals surface area (Å²) in [6, 6.07) is 5.97. The molecule has 15 heavy (non-hydrogen) atoms. The highest BCUT2D eigenvalue weighted by atomic mass is 79.9. The zero-order valence-electron chi connectivity index (χ0n) is 7.71. The number of pyridine rings is 1. The van der Waals surface area contributed by atoms with Crippen LogP contribution in [0.5, 0.6) is 0 Å². The van der Waals surface area contributed by atoms with Crippen molar-refractivity contribution in [2.24, 2.45) is 0 Å². The van der Waals surface area contributed by atoms with Gasteiger partial charge in [0.15, 0.2) is 0 Å². The number of nitrogens with zero attached hydrogens (tertiary/aromatic N) is 1. The van der Waals surface area contributed by atoms with Crippen LogP contribution in [0.4, 0.5) is 5.69 Å². The molecule has 0 unspecified atom stereocenters. The van der Waals surface area contributed by atoms with Crippen molar-refractivity contribution in [3.63, 3.8) is 0 Å². The Morgan fingerprint density at radius 3 is 2.87 bits per heavy atom. The smallest absolute Gasteiger partial charge is 0.129 e. The lowest BCUT2D eigenvalue weighted by Gasteiger charge is -2.06. The number of rotatable bonds is 3. The van der Waals surface area contributed by atoms with Gasteiger partial charge < -0.3 is 5.32 Å². The summed E-state index contributed by atoms with van der Waals surface area (Å²) in [5.41, 5.74) is 1.01. The molecule has 0 amide bonds. The number of hydrogen-bond donors (Lipinski definition) is 1. The minimum atomic E-state index is 0.808. The van der Waals surface area contributed by atoms with Crippen LogP contribution in [-0.2, 0) is 6.54 Å². The molecule has 0 aliphatic rings. The van der Waals surface area contributed by atoms with E-state index in [2.05, 4.69) is 53.6 Å². The Hall–Kier alpha value is -0.390. The molecule has 0 atom stereocenters. The van der Waals surface area contributed by atoms with Crippen molar-refractivity contribution >= 4 is 48.9 Å². The Bertz CT molecular complexity index is 456. The largest absolute Gasteiger partial charge is 0.378 e. The van der Waals surface area contributed by atoms with Gasteiger partial charge in [-0.1, -0.05) is 0 Å². The first-order valence-corrected chi connectivity index (χ1v) is 6.80. The molecule has 2 aromatic rings. The third kappa shape index (κ3) is 2.80. The van der Waals surface area contributed by atoms with Gasteiger partial charge in [0.2, 0.25) is 0 Å². The molecule has 0 saturated heterocycles. The van der Waals surface area contributed by atoms with E-state index in [0.717, 1.165) is 21.3 Å². The molecule has 0 spiro atoms. The number of anilines is 1. The van der Waals surface area contributed by atoms with E-state index < -0.39 is 0 Å². The molecule has 0 bridgehead atoms. The second kappa shape index (κ2) is 5.09. The molecule has 2 aromatic heterocycles. The van der Waals surface area contributed by atoms with Gasteiger partial charge in [0, 0.05) is 15.5 Å². The lowest BCUT2D eigenvalue weighted by Crippen LogP contribution is -1.99. The predicted molar refractivity (Wildman–Crippen MR) is 71.3 cm³/mol. The van der Waals surface area contributed by atoms with Crippen molar-refractivity contribution < 1.29 is 0 Å². The van der Waals surface area contributed by atoms with Crippen LogP contribution in [0.3, 0.4) is 0 Å². The van der Waals surface area contributed by atoms with Crippen molar-refractivity contribution in [3.05, 3.63) is 43.7 Å². The van der Waals surface area contributed by atoms with E-state index in [1.54, 1.807) is 17.5 Å². The maximum atomic E-state index is 4.15. The van der Waals surface area contributed by atoms with Crippen LogP contribution in [0.2, 0.25) is 0 Å². The highest BCUT2D eigenvalue weighted by molar-refractivity contribution is 9.10. The fourth-order valence-electron chi connectivity index (χ4n) is 1.14. The van der Waals surface area contributed by atoms with E-state index in [4.69, 9.17) is 0 Å². The van der Waals surface area contributed by atoms with Crippen molar-refractivity contribution in [3.8, 4) is 0 Å². The minimum Gasteiger partial charge on any atom is -0.378 e. The second-order valence-corrected chi connectivity index (χ2v) is 5.49. The van der Waals surface area contributed by atoms with E-state index in [-0.39, 0.29) is 0 Å². The summed E-state index contributed by atoms with van der Waals surface area (Å²) in [6.45, 7) is 0.808. The number of thiophene rings is 1. The Morgan fingerprint density at radius 1 is 1.33 bits per heavy atom. The summed E-state index contributed by atoms with van der Waals surface area (Å²) in [5.74, 6) is 0. The molecule has 0 fully saturated rings. The van der Waals surface area contributed by atoms with Crippen LogP contribution in [-0.4, -0.2) is 4.98 Å². The second-order valence-electron chi connectivity index (χ2n) is 2.89. The first kappa shape index (κ1) is 11.1. The molecule has 5 heteroatoms. The van der Waals surface area contributed by atoms with Crippen molar-refractivity contribution in [2.75, 3.05) is 5.32 Å². The van der Waals surface area contributed by atoms with Gasteiger partial charge in [0.05, 0.1) is 12.2 Å². The van der Waals surface area contributed by atoms with Gasteiger partial charge in [-0.3, -0.25) is 0 Å². The number of halogens is 2. The lowest BCUT2D eigenvalue weighted by molar-refractivity contribution is 1.15. The van der Waals surface area contributed by atoms with Crippen molar-refractivity contribution in [1.29, 1.82) is 0 Å². The van der Waals surface area contributed by atoms with Crippen molar-refractivity contribution in [2.45, 2.75) is 6.54 Å². The average Bonchev–Trinajstić information content (AvgIpc) is 2.63. The van der Waals surface area contributed by atoms with E-state index in [9.17, 15) is 0 Å². The molecule has 78 valence electrons. The quantitative estimate of drug-likeness (QED) is 0.838. The van der Waals surface area contributed by atoms with Gasteiger partial charge >= 0.3 is 0 Å². The van der Waals surface area contributed by atoms with Gasteiger partial charge in [-0.2, -0.15) is 0 Å². The monoisotopic (exact) mass is 346 g/mol. The minimum absolute atomic E-state index is 0.808. The molecule has 1 N–H and O–H groups in total. The number of hydrogen-bond acceptors (Lipinski definition) is 3. The third-order valence-corrected chi connectivity index (χ3v) is 4.45. The predicted octanol–water partition coefficient (Wildman–Crippen LogP) is 4.28. The van der Waals surface area contributed by atoms with E-state index in [1.807, 2.05) is 12.1 Å². The van der Waals surface area contributed by atoms with Crippen LogP contribution in [0.25, 0.3) is 0 Å². The average molecular weight is 348 g/mol. The maximum absolute atomic E-state index is 4.15. The summed E-state index contributed by atoms with van der Waals surface area (Å²) < 4.78 is 2.00. The first-order valence-electron chi connectivity index (χ1n) is 4.33. The number of aromatic nitrogens is 1. The fourth-order valence-corrected chi connectivity index (χ4v) is 2.97. The SMILES string of the molecule is Brc1ccsc1CNc1cccnc1Br. The maximum Gasteiger partial charge on any atom is 0.129 e. The van der Waals surface area contributed by atoms with E-state index in [1.165, 1.54) is 4.88 Å². The molecule has 2 heterocycles. The molecule has 0 aliphatic carbocycles. The summed E-state index contributed by atoms with van der Waals surface area (Å²) >= 11 is 8.63. The molecule has 2 rings (SSSR count). The Balaban J connectivity index is 2.06. The zero-order chi connectivity index (χ0) is 10.7. The zero-order valence-corrected chi connectivity index (χ0v) is 11.7. The van der Waals surface area contributed by atoms with E-state index >= 15 is 0 Å². The summed E-state index contributed by atoms with van der Waals surface area (Å²) in [5, 5.41) is 5.40. The van der Waals surface area contributed by atoms with Gasteiger partial charge in [0.1, 0.15) is 4.60 Å². The van der Waals surface area contributed by atoms with Crippen LogP contribution < -0.4 is 5.32 Å². The summed E-state index contributed by atoms with van der Waals surface area (Å²) in [6.07, 6.45) is 1.76. The molecular weight excluding hydrogens is 340 g/mol. The highest BCUT2D eigenvalue weighted by Gasteiger charge is 2.02. The van der Waals surface area contributed by atoms with Gasteiger partial charge in [-0.05, 0) is 55.4 Å². The Morgan fingerprint density at radius 2 is 2.20 bits per heavy atom. The standard InChI is InChI=1S/C10H8Br2N2S/c11-7-3-5-15-9(7)6-14-8-2-1-4-13-10(8)12/h1-5,14H,6H2.